The molecular weight excluding hydrogens is 248 g/mol. The second-order valence-corrected chi connectivity index (χ2v) is 4.44. The van der Waals surface area contributed by atoms with Gasteiger partial charge in [-0.25, -0.2) is 5.10 Å². The van der Waals surface area contributed by atoms with E-state index in [-0.39, 0.29) is 6.10 Å². The van der Waals surface area contributed by atoms with E-state index in [0.717, 1.165) is 17.9 Å². The molecule has 0 amide bonds. The van der Waals surface area contributed by atoms with Gasteiger partial charge in [-0.1, -0.05) is 13.0 Å². The van der Waals surface area contributed by atoms with Crippen LogP contribution in [0.1, 0.15) is 20.3 Å². The molecule has 1 heterocycles. The number of nitrogens with zero attached hydrogens (tertiary/aromatic N) is 2. The van der Waals surface area contributed by atoms with Gasteiger partial charge in [0.15, 0.2) is 0 Å². The lowest BCUT2D eigenvalue weighted by Crippen LogP contribution is -2.10. The van der Waals surface area contributed by atoms with Crippen molar-refractivity contribution >= 4 is 18.2 Å². The van der Waals surface area contributed by atoms with Crippen LogP contribution in [-0.4, -0.2) is 20.9 Å². The van der Waals surface area contributed by atoms with E-state index in [1.807, 2.05) is 31.2 Å². The standard InChI is InChI=1S/C12H16N4OS/c1-3-8(2)17-10-6-4-5-9(7-10)16-11(13)14-15-12(16)18/h4-8H,3H2,1-2H3,(H2,13,14)(H,15,18). The highest BCUT2D eigenvalue weighted by molar-refractivity contribution is 7.71. The summed E-state index contributed by atoms with van der Waals surface area (Å²) in [4.78, 5) is 0. The zero-order chi connectivity index (χ0) is 13.1. The van der Waals surface area contributed by atoms with Crippen molar-refractivity contribution in [3.63, 3.8) is 0 Å². The molecule has 0 radical (unpaired) electrons. The second kappa shape index (κ2) is 5.22. The summed E-state index contributed by atoms with van der Waals surface area (Å²) in [6.45, 7) is 4.11. The minimum atomic E-state index is 0.176. The number of rotatable bonds is 4. The highest BCUT2D eigenvalue weighted by Crippen LogP contribution is 2.20. The molecule has 0 aliphatic carbocycles. The number of nitrogens with two attached hydrogens (primary N) is 1. The maximum atomic E-state index is 5.76. The van der Waals surface area contributed by atoms with Crippen LogP contribution in [0.2, 0.25) is 0 Å². The summed E-state index contributed by atoms with van der Waals surface area (Å²) >= 11 is 5.13. The zero-order valence-electron chi connectivity index (χ0n) is 10.4. The Morgan fingerprint density at radius 3 is 2.94 bits per heavy atom. The highest BCUT2D eigenvalue weighted by atomic mass is 32.1. The largest absolute Gasteiger partial charge is 0.491 e. The van der Waals surface area contributed by atoms with Gasteiger partial charge in [0.1, 0.15) is 5.75 Å². The molecule has 1 aromatic carbocycles. The van der Waals surface area contributed by atoms with Crippen molar-refractivity contribution in [1.82, 2.24) is 14.8 Å². The van der Waals surface area contributed by atoms with E-state index in [1.54, 1.807) is 4.57 Å². The number of anilines is 1. The van der Waals surface area contributed by atoms with Gasteiger partial charge in [0.05, 0.1) is 11.8 Å². The van der Waals surface area contributed by atoms with E-state index in [1.165, 1.54) is 0 Å². The molecule has 5 nitrogen and oxygen atoms in total. The maximum absolute atomic E-state index is 5.76. The molecule has 0 fully saturated rings. The van der Waals surface area contributed by atoms with Crippen molar-refractivity contribution in [2.75, 3.05) is 5.73 Å². The molecule has 2 rings (SSSR count). The van der Waals surface area contributed by atoms with Gasteiger partial charge in [0.2, 0.25) is 10.7 Å². The first-order chi connectivity index (χ1) is 8.61. The number of nitrogens with one attached hydrogen (secondary N) is 1. The van der Waals surface area contributed by atoms with Crippen molar-refractivity contribution in [3.8, 4) is 11.4 Å². The predicted molar refractivity (Wildman–Crippen MR) is 73.5 cm³/mol. The smallest absolute Gasteiger partial charge is 0.225 e. The molecule has 0 bridgehead atoms. The van der Waals surface area contributed by atoms with Gasteiger partial charge in [-0.05, 0) is 37.7 Å². The third-order valence-electron chi connectivity index (χ3n) is 2.69. The lowest BCUT2D eigenvalue weighted by Gasteiger charge is -2.13. The van der Waals surface area contributed by atoms with Crippen molar-refractivity contribution in [2.24, 2.45) is 0 Å². The fraction of sp³-hybridized carbons (Fsp3) is 0.333. The van der Waals surface area contributed by atoms with Crippen molar-refractivity contribution in [3.05, 3.63) is 29.0 Å². The van der Waals surface area contributed by atoms with Crippen LogP contribution < -0.4 is 10.5 Å². The Morgan fingerprint density at radius 2 is 2.33 bits per heavy atom. The van der Waals surface area contributed by atoms with Crippen LogP contribution in [0.15, 0.2) is 24.3 Å². The third-order valence-corrected chi connectivity index (χ3v) is 2.96. The summed E-state index contributed by atoms with van der Waals surface area (Å²) in [6.07, 6.45) is 1.13. The number of hydrogen-bond acceptors (Lipinski definition) is 4. The highest BCUT2D eigenvalue weighted by Gasteiger charge is 2.07. The van der Waals surface area contributed by atoms with Crippen molar-refractivity contribution in [1.29, 1.82) is 0 Å². The number of aromatic nitrogens is 3. The number of benzene rings is 1. The van der Waals surface area contributed by atoms with E-state index in [0.29, 0.717) is 10.7 Å². The van der Waals surface area contributed by atoms with Gasteiger partial charge in [0, 0.05) is 6.07 Å². The molecule has 0 aliphatic rings. The molecule has 3 N–H and O–H groups in total. The second-order valence-electron chi connectivity index (χ2n) is 4.06. The fourth-order valence-corrected chi connectivity index (χ4v) is 1.81. The normalized spacial score (nSPS) is 12.3. The zero-order valence-corrected chi connectivity index (χ0v) is 11.2. The quantitative estimate of drug-likeness (QED) is 0.833. The molecule has 0 aliphatic heterocycles. The molecular formula is C12H16N4OS. The van der Waals surface area contributed by atoms with Gasteiger partial charge in [0.25, 0.3) is 0 Å². The van der Waals surface area contributed by atoms with Crippen LogP contribution in [0.4, 0.5) is 5.95 Å². The first kappa shape index (κ1) is 12.6. The Morgan fingerprint density at radius 1 is 1.56 bits per heavy atom. The summed E-state index contributed by atoms with van der Waals surface area (Å²) in [5.74, 6) is 1.13. The van der Waals surface area contributed by atoms with Gasteiger partial charge in [-0.3, -0.25) is 4.57 Å². The molecule has 0 saturated carbocycles. The van der Waals surface area contributed by atoms with Crippen LogP contribution in [0, 0.1) is 4.77 Å². The first-order valence-electron chi connectivity index (χ1n) is 5.81. The van der Waals surface area contributed by atoms with Crippen LogP contribution >= 0.6 is 12.2 Å². The summed E-state index contributed by atoms with van der Waals surface area (Å²) in [7, 11) is 0. The predicted octanol–water partition coefficient (Wildman–Crippen LogP) is 2.69. The Balaban J connectivity index is 2.36. The maximum Gasteiger partial charge on any atom is 0.225 e. The van der Waals surface area contributed by atoms with E-state index in [4.69, 9.17) is 22.7 Å². The number of hydrogen-bond donors (Lipinski definition) is 2. The van der Waals surface area contributed by atoms with E-state index < -0.39 is 0 Å². The number of nitrogen functional groups attached to an aromatic ring is 1. The first-order valence-corrected chi connectivity index (χ1v) is 6.22. The van der Waals surface area contributed by atoms with Gasteiger partial charge < -0.3 is 10.5 Å². The summed E-state index contributed by atoms with van der Waals surface area (Å²) < 4.78 is 7.89. The third kappa shape index (κ3) is 2.53. The molecule has 1 aromatic heterocycles. The monoisotopic (exact) mass is 264 g/mol. The van der Waals surface area contributed by atoms with Gasteiger partial charge >= 0.3 is 0 Å². The van der Waals surface area contributed by atoms with Crippen LogP contribution in [-0.2, 0) is 0 Å². The van der Waals surface area contributed by atoms with E-state index in [9.17, 15) is 0 Å². The average Bonchev–Trinajstić information content (AvgIpc) is 2.69. The molecule has 1 unspecified atom stereocenters. The van der Waals surface area contributed by atoms with Gasteiger partial charge in [-0.15, -0.1) is 5.10 Å². The Bertz CT molecular complexity index is 590. The molecule has 2 aromatic rings. The molecule has 96 valence electrons. The SMILES string of the molecule is CCC(C)Oc1cccc(-n2c(N)n[nH]c2=S)c1. The molecule has 1 atom stereocenters. The molecule has 6 heteroatoms. The van der Waals surface area contributed by atoms with Gasteiger partial charge in [-0.2, -0.15) is 0 Å². The topological polar surface area (TPSA) is 68.9 Å². The van der Waals surface area contributed by atoms with E-state index in [2.05, 4.69) is 17.1 Å². The number of H-pyrrole nitrogens is 1. The Kier molecular flexibility index (Phi) is 3.66. The number of aromatic amines is 1. The van der Waals surface area contributed by atoms with Crippen LogP contribution in [0.5, 0.6) is 5.75 Å². The van der Waals surface area contributed by atoms with Crippen LogP contribution in [0.3, 0.4) is 0 Å². The summed E-state index contributed by atoms with van der Waals surface area (Å²) in [6, 6.07) is 7.62. The lowest BCUT2D eigenvalue weighted by molar-refractivity contribution is 0.217. The van der Waals surface area contributed by atoms with Crippen molar-refractivity contribution in [2.45, 2.75) is 26.4 Å². The lowest BCUT2D eigenvalue weighted by atomic mass is 10.2. The fourth-order valence-electron chi connectivity index (χ4n) is 1.57. The Labute approximate surface area is 111 Å². The molecule has 18 heavy (non-hydrogen) atoms. The number of ether oxygens (including phenoxy) is 1. The molecule has 0 saturated heterocycles. The van der Waals surface area contributed by atoms with Crippen molar-refractivity contribution < 1.29 is 4.74 Å². The Hall–Kier alpha value is -1.82. The summed E-state index contributed by atoms with van der Waals surface area (Å²) in [5.41, 5.74) is 6.60. The summed E-state index contributed by atoms with van der Waals surface area (Å²) in [5, 5.41) is 6.54. The average molecular weight is 264 g/mol. The van der Waals surface area contributed by atoms with E-state index >= 15 is 0 Å². The van der Waals surface area contributed by atoms with Crippen LogP contribution in [0.25, 0.3) is 5.69 Å². The minimum absolute atomic E-state index is 0.176. The minimum Gasteiger partial charge on any atom is -0.491 e. The molecule has 0 spiro atoms.